The molecule has 1 fully saturated rings. The maximum Gasteiger partial charge on any atom is 0.292 e. The van der Waals surface area contributed by atoms with Crippen molar-refractivity contribution in [2.24, 2.45) is 0 Å². The van der Waals surface area contributed by atoms with Crippen LogP contribution in [-0.2, 0) is 6.67 Å². The van der Waals surface area contributed by atoms with Gasteiger partial charge in [0, 0.05) is 12.8 Å². The quantitative estimate of drug-likeness (QED) is 0.654. The fraction of sp³-hybridized carbons (Fsp3) is 0.368. The molecule has 2 aromatic heterocycles. The number of quaternary nitrogens is 1. The number of hydrogen-bond acceptors (Lipinski definition) is 5. The third kappa shape index (κ3) is 3.47. The van der Waals surface area contributed by atoms with Gasteiger partial charge in [-0.25, -0.2) is 0 Å². The summed E-state index contributed by atoms with van der Waals surface area (Å²) in [5.41, 5.74) is 0.838. The maximum absolute atomic E-state index is 5.80. The third-order valence-corrected chi connectivity index (χ3v) is 6.03. The third-order valence-electron chi connectivity index (χ3n) is 4.75. The molecule has 0 spiro atoms. The Balaban J connectivity index is 1.59. The van der Waals surface area contributed by atoms with E-state index in [1.54, 1.807) is 0 Å². The minimum Gasteiger partial charge on any atom is -0.493 e. The summed E-state index contributed by atoms with van der Waals surface area (Å²) >= 11 is 7.27. The lowest BCUT2D eigenvalue weighted by Crippen LogP contribution is -3.09. The van der Waals surface area contributed by atoms with E-state index >= 15 is 0 Å². The molecule has 136 valence electrons. The molecular weight excluding hydrogens is 366 g/mol. The van der Waals surface area contributed by atoms with Crippen molar-refractivity contribution in [3.63, 3.8) is 0 Å². The molecule has 1 N–H and O–H groups in total. The summed E-state index contributed by atoms with van der Waals surface area (Å²) in [4.78, 5) is 3.34. The SMILES string of the molecule is CCOc1ccccc1-c1nn(C[NH+]2CCC[C@@H]2c2cccs2)c(=S)o1. The van der Waals surface area contributed by atoms with Crippen LogP contribution in [0.25, 0.3) is 11.5 Å². The molecule has 3 aromatic rings. The van der Waals surface area contributed by atoms with Crippen molar-refractivity contribution in [2.45, 2.75) is 32.5 Å². The first kappa shape index (κ1) is 17.5. The number of benzene rings is 1. The zero-order chi connectivity index (χ0) is 17.9. The van der Waals surface area contributed by atoms with E-state index in [2.05, 4.69) is 22.6 Å². The number of aromatic nitrogens is 2. The highest BCUT2D eigenvalue weighted by Crippen LogP contribution is 2.29. The molecule has 0 amide bonds. The van der Waals surface area contributed by atoms with Gasteiger partial charge in [0.25, 0.3) is 10.7 Å². The van der Waals surface area contributed by atoms with Crippen molar-refractivity contribution in [1.29, 1.82) is 0 Å². The second-order valence-electron chi connectivity index (χ2n) is 6.38. The monoisotopic (exact) mass is 388 g/mol. The first-order valence-corrected chi connectivity index (χ1v) is 10.2. The van der Waals surface area contributed by atoms with E-state index in [0.29, 0.717) is 23.4 Å². The van der Waals surface area contributed by atoms with Crippen molar-refractivity contribution < 1.29 is 14.1 Å². The Morgan fingerprint density at radius 1 is 1.35 bits per heavy atom. The molecule has 1 aliphatic rings. The van der Waals surface area contributed by atoms with Crippen LogP contribution in [0.4, 0.5) is 0 Å². The van der Waals surface area contributed by atoms with Crippen LogP contribution < -0.4 is 9.64 Å². The predicted octanol–water partition coefficient (Wildman–Crippen LogP) is 3.71. The standard InChI is InChI=1S/C19H21N3O2S2/c1-2-23-16-9-4-3-7-14(16)18-20-22(19(25)24-18)13-21-11-5-8-15(21)17-10-6-12-26-17/h3-4,6-7,9-10,12,15H,2,5,8,11,13H2,1H3/p+1/t15-/m1/s1. The van der Waals surface area contributed by atoms with Crippen molar-refractivity contribution >= 4 is 23.6 Å². The van der Waals surface area contributed by atoms with E-state index in [9.17, 15) is 0 Å². The topological polar surface area (TPSA) is 44.6 Å². The molecule has 4 rings (SSSR count). The minimum atomic E-state index is 0.413. The summed E-state index contributed by atoms with van der Waals surface area (Å²) in [5, 5.41) is 6.80. The van der Waals surface area contributed by atoms with Crippen LogP contribution in [0.5, 0.6) is 5.75 Å². The average molecular weight is 389 g/mol. The van der Waals surface area contributed by atoms with Gasteiger partial charge in [-0.05, 0) is 42.7 Å². The normalized spacial score (nSPS) is 19.7. The number of nitrogens with one attached hydrogen (secondary N) is 1. The summed E-state index contributed by atoms with van der Waals surface area (Å²) in [5.74, 6) is 1.29. The van der Waals surface area contributed by atoms with Crippen LogP contribution in [0, 0.1) is 4.84 Å². The lowest BCUT2D eigenvalue weighted by atomic mass is 10.2. The number of hydrogen-bond donors (Lipinski definition) is 1. The van der Waals surface area contributed by atoms with Gasteiger partial charge < -0.3 is 14.1 Å². The highest BCUT2D eigenvalue weighted by atomic mass is 32.1. The van der Waals surface area contributed by atoms with Crippen molar-refractivity contribution in [3.8, 4) is 17.2 Å². The fourth-order valence-corrected chi connectivity index (χ4v) is 4.67. The minimum absolute atomic E-state index is 0.413. The summed E-state index contributed by atoms with van der Waals surface area (Å²) in [6, 6.07) is 12.6. The molecule has 3 heterocycles. The largest absolute Gasteiger partial charge is 0.493 e. The van der Waals surface area contributed by atoms with Gasteiger partial charge in [0.15, 0.2) is 6.67 Å². The lowest BCUT2D eigenvalue weighted by Gasteiger charge is -2.19. The second-order valence-corrected chi connectivity index (χ2v) is 7.71. The van der Waals surface area contributed by atoms with Gasteiger partial charge in [-0.3, -0.25) is 0 Å². The van der Waals surface area contributed by atoms with Crippen molar-refractivity contribution in [1.82, 2.24) is 9.78 Å². The van der Waals surface area contributed by atoms with Gasteiger partial charge in [-0.15, -0.1) is 16.4 Å². The Hall–Kier alpha value is -1.96. The van der Waals surface area contributed by atoms with Gasteiger partial charge in [-0.2, -0.15) is 4.68 Å². The molecule has 1 saturated heterocycles. The molecule has 26 heavy (non-hydrogen) atoms. The molecule has 0 bridgehead atoms. The van der Waals surface area contributed by atoms with Crippen LogP contribution in [0.15, 0.2) is 46.2 Å². The molecule has 0 aliphatic carbocycles. The van der Waals surface area contributed by atoms with Gasteiger partial charge >= 0.3 is 0 Å². The summed E-state index contributed by atoms with van der Waals surface area (Å²) < 4.78 is 13.3. The molecule has 7 heteroatoms. The molecular formula is C19H22N3O2S2+. The zero-order valence-electron chi connectivity index (χ0n) is 14.7. The van der Waals surface area contributed by atoms with Gasteiger partial charge in [0.1, 0.15) is 11.8 Å². The summed E-state index contributed by atoms with van der Waals surface area (Å²) in [6.07, 6.45) is 2.43. The Bertz CT molecular complexity index is 917. The molecule has 2 atom stereocenters. The zero-order valence-corrected chi connectivity index (χ0v) is 16.3. The van der Waals surface area contributed by atoms with Gasteiger partial charge in [0.2, 0.25) is 0 Å². The maximum atomic E-state index is 5.80. The van der Waals surface area contributed by atoms with E-state index in [-0.39, 0.29) is 0 Å². The fourth-order valence-electron chi connectivity index (χ4n) is 3.57. The van der Waals surface area contributed by atoms with Crippen LogP contribution in [0.3, 0.4) is 0 Å². The number of nitrogens with zero attached hydrogens (tertiary/aromatic N) is 2. The number of rotatable bonds is 6. The smallest absolute Gasteiger partial charge is 0.292 e. The molecule has 5 nitrogen and oxygen atoms in total. The summed E-state index contributed by atoms with van der Waals surface area (Å²) in [7, 11) is 0. The molecule has 0 saturated carbocycles. The Morgan fingerprint density at radius 2 is 2.23 bits per heavy atom. The van der Waals surface area contributed by atoms with Crippen molar-refractivity contribution in [3.05, 3.63) is 51.5 Å². The van der Waals surface area contributed by atoms with Crippen molar-refractivity contribution in [2.75, 3.05) is 13.2 Å². The van der Waals surface area contributed by atoms with E-state index in [1.165, 1.54) is 22.6 Å². The van der Waals surface area contributed by atoms with Crippen LogP contribution >= 0.6 is 23.6 Å². The van der Waals surface area contributed by atoms with Gasteiger partial charge in [0.05, 0.1) is 23.6 Å². The summed E-state index contributed by atoms with van der Waals surface area (Å²) in [6.45, 7) is 4.41. The molecule has 1 aliphatic heterocycles. The average Bonchev–Trinajstić information content (AvgIpc) is 3.38. The number of ether oxygens (including phenoxy) is 1. The lowest BCUT2D eigenvalue weighted by molar-refractivity contribution is -0.941. The highest BCUT2D eigenvalue weighted by molar-refractivity contribution is 7.71. The number of likely N-dealkylation sites (tertiary alicyclic amines) is 1. The Labute approximate surface area is 161 Å². The second kappa shape index (κ2) is 7.73. The first-order chi connectivity index (χ1) is 12.8. The Kier molecular flexibility index (Phi) is 5.19. The molecule has 0 radical (unpaired) electrons. The highest BCUT2D eigenvalue weighted by Gasteiger charge is 2.31. The van der Waals surface area contributed by atoms with E-state index in [0.717, 1.165) is 24.5 Å². The van der Waals surface area contributed by atoms with Crippen LogP contribution in [-0.4, -0.2) is 22.9 Å². The van der Waals surface area contributed by atoms with Crippen LogP contribution in [0.1, 0.15) is 30.7 Å². The molecule has 1 unspecified atom stereocenters. The van der Waals surface area contributed by atoms with Crippen LogP contribution in [0.2, 0.25) is 0 Å². The Morgan fingerprint density at radius 3 is 3.04 bits per heavy atom. The van der Waals surface area contributed by atoms with Gasteiger partial charge in [-0.1, -0.05) is 18.2 Å². The number of para-hydroxylation sites is 1. The van der Waals surface area contributed by atoms with E-state index in [4.69, 9.17) is 21.4 Å². The first-order valence-electron chi connectivity index (χ1n) is 8.94. The number of thiophene rings is 1. The van der Waals surface area contributed by atoms with E-state index < -0.39 is 0 Å². The predicted molar refractivity (Wildman–Crippen MR) is 104 cm³/mol. The van der Waals surface area contributed by atoms with E-state index in [1.807, 2.05) is 47.2 Å². The molecule has 1 aromatic carbocycles.